The van der Waals surface area contributed by atoms with Crippen LogP contribution in [0.3, 0.4) is 0 Å². The van der Waals surface area contributed by atoms with E-state index in [2.05, 4.69) is 33.2 Å². The SMILES string of the molecule is CC(=O)N(C)c1ccc(NC(=O)CNc2ccc(I)cc2)cc1. The van der Waals surface area contributed by atoms with Crippen LogP contribution >= 0.6 is 22.6 Å². The second-order valence-corrected chi connectivity index (χ2v) is 6.28. The van der Waals surface area contributed by atoms with Gasteiger partial charge in [-0.3, -0.25) is 9.59 Å². The van der Waals surface area contributed by atoms with Crippen molar-refractivity contribution in [1.29, 1.82) is 0 Å². The summed E-state index contributed by atoms with van der Waals surface area (Å²) in [6, 6.07) is 15.0. The number of carbonyl (C=O) groups excluding carboxylic acids is 2. The average Bonchev–Trinajstić information content (AvgIpc) is 2.54. The van der Waals surface area contributed by atoms with E-state index in [9.17, 15) is 9.59 Å². The first-order valence-corrected chi connectivity index (χ1v) is 8.17. The average molecular weight is 423 g/mol. The topological polar surface area (TPSA) is 61.4 Å². The van der Waals surface area contributed by atoms with Crippen LogP contribution in [0.15, 0.2) is 48.5 Å². The highest BCUT2D eigenvalue weighted by atomic mass is 127. The van der Waals surface area contributed by atoms with E-state index in [1.165, 1.54) is 6.92 Å². The van der Waals surface area contributed by atoms with Crippen molar-refractivity contribution in [2.45, 2.75) is 6.92 Å². The molecule has 6 heteroatoms. The minimum Gasteiger partial charge on any atom is -0.376 e. The third kappa shape index (κ3) is 5.24. The number of carbonyl (C=O) groups is 2. The van der Waals surface area contributed by atoms with Gasteiger partial charge in [-0.2, -0.15) is 0 Å². The molecule has 0 bridgehead atoms. The first-order chi connectivity index (χ1) is 11.0. The largest absolute Gasteiger partial charge is 0.376 e. The number of hydrogen-bond acceptors (Lipinski definition) is 3. The lowest BCUT2D eigenvalue weighted by molar-refractivity contribution is -0.116. The summed E-state index contributed by atoms with van der Waals surface area (Å²) in [5, 5.41) is 5.88. The highest BCUT2D eigenvalue weighted by molar-refractivity contribution is 14.1. The predicted octanol–water partition coefficient (Wildman–Crippen LogP) is 3.32. The van der Waals surface area contributed by atoms with Crippen LogP contribution in [0.2, 0.25) is 0 Å². The molecule has 0 saturated carbocycles. The standard InChI is InChI=1S/C17H18IN3O2/c1-12(22)21(2)16-9-7-15(8-10-16)20-17(23)11-19-14-5-3-13(18)4-6-14/h3-10,19H,11H2,1-2H3,(H,20,23). The van der Waals surface area contributed by atoms with E-state index in [0.29, 0.717) is 5.69 Å². The molecule has 0 saturated heterocycles. The Labute approximate surface area is 149 Å². The van der Waals surface area contributed by atoms with E-state index in [-0.39, 0.29) is 18.4 Å². The van der Waals surface area contributed by atoms with Gasteiger partial charge < -0.3 is 15.5 Å². The lowest BCUT2D eigenvalue weighted by Crippen LogP contribution is -2.23. The first-order valence-electron chi connectivity index (χ1n) is 7.09. The van der Waals surface area contributed by atoms with Crippen LogP contribution in [0, 0.1) is 3.57 Å². The number of anilines is 3. The lowest BCUT2D eigenvalue weighted by atomic mass is 10.2. The molecule has 0 spiro atoms. The van der Waals surface area contributed by atoms with Crippen LogP contribution in [-0.4, -0.2) is 25.4 Å². The fraction of sp³-hybridized carbons (Fsp3) is 0.176. The van der Waals surface area contributed by atoms with Crippen LogP contribution in [0.25, 0.3) is 0 Å². The summed E-state index contributed by atoms with van der Waals surface area (Å²) in [7, 11) is 1.71. The van der Waals surface area contributed by atoms with E-state index >= 15 is 0 Å². The molecule has 0 aliphatic heterocycles. The summed E-state index contributed by atoms with van der Waals surface area (Å²) in [6.07, 6.45) is 0. The van der Waals surface area contributed by atoms with Gasteiger partial charge in [0.2, 0.25) is 11.8 Å². The van der Waals surface area contributed by atoms with E-state index in [4.69, 9.17) is 0 Å². The van der Waals surface area contributed by atoms with Crippen LogP contribution in [0.4, 0.5) is 17.1 Å². The molecule has 0 aliphatic carbocycles. The molecule has 23 heavy (non-hydrogen) atoms. The maximum absolute atomic E-state index is 11.9. The van der Waals surface area contributed by atoms with Crippen molar-refractivity contribution in [3.05, 3.63) is 52.1 Å². The Morgan fingerprint density at radius 2 is 1.57 bits per heavy atom. The van der Waals surface area contributed by atoms with Crippen molar-refractivity contribution in [1.82, 2.24) is 0 Å². The van der Waals surface area contributed by atoms with Gasteiger partial charge in [0.25, 0.3) is 0 Å². The molecule has 0 aliphatic rings. The minimum atomic E-state index is -0.128. The summed E-state index contributed by atoms with van der Waals surface area (Å²) in [5.74, 6) is -0.167. The molecule has 0 aromatic heterocycles. The number of nitrogens with one attached hydrogen (secondary N) is 2. The van der Waals surface area contributed by atoms with Gasteiger partial charge in [-0.1, -0.05) is 0 Å². The maximum Gasteiger partial charge on any atom is 0.243 e. The molecular formula is C17H18IN3O2. The fourth-order valence-corrected chi connectivity index (χ4v) is 2.27. The molecule has 0 fully saturated rings. The molecule has 0 heterocycles. The van der Waals surface area contributed by atoms with Gasteiger partial charge in [-0.05, 0) is 71.1 Å². The summed E-state index contributed by atoms with van der Waals surface area (Å²) in [5.41, 5.74) is 2.38. The molecule has 0 radical (unpaired) electrons. The maximum atomic E-state index is 11.9. The van der Waals surface area contributed by atoms with Gasteiger partial charge in [-0.25, -0.2) is 0 Å². The third-order valence-electron chi connectivity index (χ3n) is 3.31. The lowest BCUT2D eigenvalue weighted by Gasteiger charge is -2.15. The molecule has 2 aromatic carbocycles. The quantitative estimate of drug-likeness (QED) is 0.726. The van der Waals surface area contributed by atoms with Crippen molar-refractivity contribution < 1.29 is 9.59 Å². The second-order valence-electron chi connectivity index (χ2n) is 5.03. The number of hydrogen-bond donors (Lipinski definition) is 2. The molecule has 2 rings (SSSR count). The molecule has 2 aromatic rings. The molecule has 120 valence electrons. The number of rotatable bonds is 5. The molecule has 2 amide bonds. The number of amides is 2. The van der Waals surface area contributed by atoms with E-state index in [1.807, 2.05) is 24.3 Å². The molecular weight excluding hydrogens is 405 g/mol. The predicted molar refractivity (Wildman–Crippen MR) is 102 cm³/mol. The monoisotopic (exact) mass is 423 g/mol. The van der Waals surface area contributed by atoms with Gasteiger partial charge in [0.1, 0.15) is 0 Å². The Morgan fingerprint density at radius 1 is 1.00 bits per heavy atom. The summed E-state index contributed by atoms with van der Waals surface area (Å²) >= 11 is 2.23. The zero-order valence-corrected chi connectivity index (χ0v) is 15.1. The van der Waals surface area contributed by atoms with Crippen LogP contribution in [0.1, 0.15) is 6.92 Å². The summed E-state index contributed by atoms with van der Waals surface area (Å²) in [6.45, 7) is 1.70. The van der Waals surface area contributed by atoms with Crippen LogP contribution in [-0.2, 0) is 9.59 Å². The van der Waals surface area contributed by atoms with Gasteiger partial charge in [0, 0.05) is 34.6 Å². The Kier molecular flexibility index (Phi) is 5.97. The Morgan fingerprint density at radius 3 is 2.13 bits per heavy atom. The highest BCUT2D eigenvalue weighted by Crippen LogP contribution is 2.17. The normalized spacial score (nSPS) is 10.0. The van der Waals surface area contributed by atoms with Crippen molar-refractivity contribution in [2.75, 3.05) is 29.1 Å². The van der Waals surface area contributed by atoms with E-state index in [1.54, 1.807) is 36.2 Å². The molecule has 0 atom stereocenters. The van der Waals surface area contributed by atoms with E-state index < -0.39 is 0 Å². The van der Waals surface area contributed by atoms with Crippen molar-refractivity contribution in [3.8, 4) is 0 Å². The van der Waals surface area contributed by atoms with Crippen LogP contribution < -0.4 is 15.5 Å². The van der Waals surface area contributed by atoms with Crippen molar-refractivity contribution in [2.24, 2.45) is 0 Å². The number of nitrogens with zero attached hydrogens (tertiary/aromatic N) is 1. The Hall–Kier alpha value is -2.09. The van der Waals surface area contributed by atoms with Gasteiger partial charge >= 0.3 is 0 Å². The van der Waals surface area contributed by atoms with Crippen LogP contribution in [0.5, 0.6) is 0 Å². The van der Waals surface area contributed by atoms with E-state index in [0.717, 1.165) is 14.9 Å². The van der Waals surface area contributed by atoms with Gasteiger partial charge in [-0.15, -0.1) is 0 Å². The summed E-state index contributed by atoms with van der Waals surface area (Å²) in [4.78, 5) is 24.8. The highest BCUT2D eigenvalue weighted by Gasteiger charge is 2.06. The summed E-state index contributed by atoms with van der Waals surface area (Å²) < 4.78 is 1.15. The number of halogens is 1. The van der Waals surface area contributed by atoms with Gasteiger partial charge in [0.15, 0.2) is 0 Å². The molecule has 0 unspecified atom stereocenters. The van der Waals surface area contributed by atoms with Crippen molar-refractivity contribution in [3.63, 3.8) is 0 Å². The fourth-order valence-electron chi connectivity index (χ4n) is 1.91. The van der Waals surface area contributed by atoms with Gasteiger partial charge in [0.05, 0.1) is 6.54 Å². The Balaban J connectivity index is 1.87. The zero-order valence-electron chi connectivity index (χ0n) is 13.0. The molecule has 2 N–H and O–H groups in total. The smallest absolute Gasteiger partial charge is 0.243 e. The second kappa shape index (κ2) is 7.96. The third-order valence-corrected chi connectivity index (χ3v) is 4.03. The Bertz CT molecular complexity index is 684. The number of benzene rings is 2. The van der Waals surface area contributed by atoms with Crippen molar-refractivity contribution >= 4 is 51.5 Å². The minimum absolute atomic E-state index is 0.0384. The molecule has 5 nitrogen and oxygen atoms in total. The zero-order chi connectivity index (χ0) is 16.8. The first kappa shape index (κ1) is 17.3.